The maximum atomic E-state index is 13.2. The van der Waals surface area contributed by atoms with Gasteiger partial charge in [0.2, 0.25) is 5.91 Å². The molecule has 1 aromatic carbocycles. The Bertz CT molecular complexity index is 727. The van der Waals surface area contributed by atoms with Gasteiger partial charge in [-0.15, -0.1) is 0 Å². The minimum atomic E-state index is -0.575. The lowest BCUT2D eigenvalue weighted by Gasteiger charge is -2.32. The second-order valence-electron chi connectivity index (χ2n) is 8.04. The van der Waals surface area contributed by atoms with E-state index >= 15 is 0 Å². The van der Waals surface area contributed by atoms with E-state index in [0.717, 1.165) is 4.90 Å². The third-order valence-corrected chi connectivity index (χ3v) is 4.35. The van der Waals surface area contributed by atoms with E-state index < -0.39 is 17.5 Å². The Morgan fingerprint density at radius 2 is 1.90 bits per heavy atom. The van der Waals surface area contributed by atoms with Crippen molar-refractivity contribution < 1.29 is 28.4 Å². The molecule has 3 N–H and O–H groups in total. The summed E-state index contributed by atoms with van der Waals surface area (Å²) in [5, 5.41) is 5.26. The van der Waals surface area contributed by atoms with E-state index in [0.29, 0.717) is 31.9 Å². The van der Waals surface area contributed by atoms with E-state index in [1.807, 2.05) is 0 Å². The number of piperazine rings is 1. The summed E-state index contributed by atoms with van der Waals surface area (Å²) in [7, 11) is 0. The molecule has 3 amide bonds. The molecule has 0 saturated carbocycles. The molecule has 1 fully saturated rings. The average molecular weight is 409 g/mol. The van der Waals surface area contributed by atoms with Crippen LogP contribution >= 0.6 is 0 Å². The van der Waals surface area contributed by atoms with Crippen LogP contribution in [0.15, 0.2) is 24.3 Å². The maximum Gasteiger partial charge on any atom is 0.407 e. The number of hydrogen-bond donors (Lipinski definition) is 3. The molecule has 1 aliphatic rings. The zero-order valence-corrected chi connectivity index (χ0v) is 17.2. The Balaban J connectivity index is 1.65. The first-order valence-corrected chi connectivity index (χ1v) is 9.76. The highest BCUT2D eigenvalue weighted by atomic mass is 19.1. The number of ether oxygens (including phenoxy) is 1. The van der Waals surface area contributed by atoms with Crippen LogP contribution in [0.2, 0.25) is 0 Å². The van der Waals surface area contributed by atoms with Crippen molar-refractivity contribution in [2.24, 2.45) is 0 Å². The average Bonchev–Trinajstić information content (AvgIpc) is 2.60. The fourth-order valence-corrected chi connectivity index (χ4v) is 2.99. The predicted octanol–water partition coefficient (Wildman–Crippen LogP) is 0.406. The fraction of sp³-hybridized carbons (Fsp3) is 0.550. The minimum Gasteiger partial charge on any atom is -0.444 e. The van der Waals surface area contributed by atoms with Crippen molar-refractivity contribution in [2.45, 2.75) is 32.8 Å². The summed E-state index contributed by atoms with van der Waals surface area (Å²) in [6.07, 6.45) is -0.335. The molecule has 1 saturated heterocycles. The number of nitrogens with one attached hydrogen (secondary N) is 3. The van der Waals surface area contributed by atoms with Crippen LogP contribution in [0, 0.1) is 5.82 Å². The summed E-state index contributed by atoms with van der Waals surface area (Å²) in [5.74, 6) is -0.625. The summed E-state index contributed by atoms with van der Waals surface area (Å²) in [6.45, 7) is 8.22. The number of benzene rings is 1. The second kappa shape index (κ2) is 10.2. The van der Waals surface area contributed by atoms with Gasteiger partial charge in [-0.3, -0.25) is 9.59 Å². The first kappa shape index (κ1) is 22.6. The van der Waals surface area contributed by atoms with E-state index in [9.17, 15) is 18.8 Å². The molecular formula is C20H30FN4O4+. The second-order valence-corrected chi connectivity index (χ2v) is 8.04. The van der Waals surface area contributed by atoms with Crippen molar-refractivity contribution >= 4 is 23.6 Å². The zero-order valence-electron chi connectivity index (χ0n) is 17.2. The highest BCUT2D eigenvalue weighted by Gasteiger charge is 2.25. The molecule has 0 spiro atoms. The highest BCUT2D eigenvalue weighted by molar-refractivity contribution is 5.91. The SMILES string of the molecule is CC(C)(C)OC(=O)NCCC(=O)N1CC[NH+](CC(=O)Nc2cccc(F)c2)CC1. The summed E-state index contributed by atoms with van der Waals surface area (Å²) in [6, 6.07) is 5.77. The summed E-state index contributed by atoms with van der Waals surface area (Å²) < 4.78 is 18.3. The van der Waals surface area contributed by atoms with Gasteiger partial charge >= 0.3 is 6.09 Å². The van der Waals surface area contributed by atoms with Crippen LogP contribution in [-0.2, 0) is 14.3 Å². The van der Waals surface area contributed by atoms with Crippen LogP contribution in [0.5, 0.6) is 0 Å². The number of hydrogen-bond acceptors (Lipinski definition) is 4. The van der Waals surface area contributed by atoms with Crippen LogP contribution in [0.3, 0.4) is 0 Å². The molecule has 1 aromatic rings. The number of rotatable bonds is 6. The van der Waals surface area contributed by atoms with E-state index in [-0.39, 0.29) is 31.3 Å². The third-order valence-electron chi connectivity index (χ3n) is 4.35. The van der Waals surface area contributed by atoms with Gasteiger partial charge in [0.25, 0.3) is 5.91 Å². The number of carbonyl (C=O) groups excluding carboxylic acids is 3. The van der Waals surface area contributed by atoms with Gasteiger partial charge in [0.1, 0.15) is 11.4 Å². The van der Waals surface area contributed by atoms with Crippen molar-refractivity contribution in [2.75, 3.05) is 44.6 Å². The first-order chi connectivity index (χ1) is 13.6. The molecule has 0 aromatic heterocycles. The van der Waals surface area contributed by atoms with Gasteiger partial charge in [-0.1, -0.05) is 6.07 Å². The number of amides is 3. The molecule has 0 atom stereocenters. The monoisotopic (exact) mass is 409 g/mol. The van der Waals surface area contributed by atoms with Crippen LogP contribution < -0.4 is 15.5 Å². The minimum absolute atomic E-state index is 0.0377. The molecule has 1 aliphatic heterocycles. The van der Waals surface area contributed by atoms with Gasteiger partial charge in [0.15, 0.2) is 6.54 Å². The largest absolute Gasteiger partial charge is 0.444 e. The lowest BCUT2D eigenvalue weighted by Crippen LogP contribution is -3.15. The number of nitrogens with zero attached hydrogens (tertiary/aromatic N) is 1. The third kappa shape index (κ3) is 8.47. The smallest absolute Gasteiger partial charge is 0.407 e. The summed E-state index contributed by atoms with van der Waals surface area (Å²) >= 11 is 0. The van der Waals surface area contributed by atoms with Crippen molar-refractivity contribution in [3.8, 4) is 0 Å². The number of anilines is 1. The molecule has 9 heteroatoms. The van der Waals surface area contributed by atoms with Crippen LogP contribution in [-0.4, -0.2) is 67.7 Å². The van der Waals surface area contributed by atoms with Crippen molar-refractivity contribution in [1.29, 1.82) is 0 Å². The fourth-order valence-electron chi connectivity index (χ4n) is 2.99. The number of halogens is 1. The van der Waals surface area contributed by atoms with E-state index in [1.54, 1.807) is 37.8 Å². The number of quaternary nitrogens is 1. The molecule has 0 unspecified atom stereocenters. The number of alkyl carbamates (subject to hydrolysis) is 1. The van der Waals surface area contributed by atoms with E-state index in [1.165, 1.54) is 12.1 Å². The first-order valence-electron chi connectivity index (χ1n) is 9.76. The lowest BCUT2D eigenvalue weighted by atomic mass is 10.2. The molecule has 2 rings (SSSR count). The normalized spacial score (nSPS) is 15.0. The van der Waals surface area contributed by atoms with Crippen LogP contribution in [0.25, 0.3) is 0 Å². The Labute approximate surface area is 170 Å². The summed E-state index contributed by atoms with van der Waals surface area (Å²) in [5.41, 5.74) is -0.144. The topological polar surface area (TPSA) is 92.2 Å². The molecule has 1 heterocycles. The van der Waals surface area contributed by atoms with Gasteiger partial charge in [0, 0.05) is 18.7 Å². The standard InChI is InChI=1S/C20H29FN4O4/c1-20(2,3)29-19(28)22-8-7-18(27)25-11-9-24(10-12-25)14-17(26)23-16-6-4-5-15(21)13-16/h4-6,13H,7-12,14H2,1-3H3,(H,22,28)(H,23,26)/p+1. The molecule has 0 aliphatic carbocycles. The number of carbonyl (C=O) groups is 3. The maximum absolute atomic E-state index is 13.2. The molecule has 0 radical (unpaired) electrons. The van der Waals surface area contributed by atoms with Gasteiger partial charge < -0.3 is 25.2 Å². The lowest BCUT2D eigenvalue weighted by molar-refractivity contribution is -0.895. The van der Waals surface area contributed by atoms with Gasteiger partial charge in [-0.25, -0.2) is 9.18 Å². The molecule has 29 heavy (non-hydrogen) atoms. The van der Waals surface area contributed by atoms with Crippen LogP contribution in [0.1, 0.15) is 27.2 Å². The van der Waals surface area contributed by atoms with Crippen molar-refractivity contribution in [3.63, 3.8) is 0 Å². The predicted molar refractivity (Wildman–Crippen MR) is 106 cm³/mol. The Kier molecular flexibility index (Phi) is 7.95. The Morgan fingerprint density at radius 1 is 1.21 bits per heavy atom. The molecule has 0 bridgehead atoms. The quantitative estimate of drug-likeness (QED) is 0.635. The van der Waals surface area contributed by atoms with Gasteiger partial charge in [0.05, 0.1) is 26.2 Å². The summed E-state index contributed by atoms with van der Waals surface area (Å²) in [4.78, 5) is 38.8. The van der Waals surface area contributed by atoms with Crippen molar-refractivity contribution in [3.05, 3.63) is 30.1 Å². The Morgan fingerprint density at radius 3 is 2.52 bits per heavy atom. The van der Waals surface area contributed by atoms with Crippen LogP contribution in [0.4, 0.5) is 14.9 Å². The molecule has 160 valence electrons. The van der Waals surface area contributed by atoms with E-state index in [4.69, 9.17) is 4.74 Å². The van der Waals surface area contributed by atoms with Gasteiger partial charge in [-0.2, -0.15) is 0 Å². The molecule has 8 nitrogen and oxygen atoms in total. The van der Waals surface area contributed by atoms with E-state index in [2.05, 4.69) is 10.6 Å². The molecular weight excluding hydrogens is 379 g/mol. The highest BCUT2D eigenvalue weighted by Crippen LogP contribution is 2.08. The zero-order chi connectivity index (χ0) is 21.4. The van der Waals surface area contributed by atoms with Crippen molar-refractivity contribution in [1.82, 2.24) is 10.2 Å². The van der Waals surface area contributed by atoms with Gasteiger partial charge in [-0.05, 0) is 39.0 Å². The Hall–Kier alpha value is -2.68.